The zero-order chi connectivity index (χ0) is 19.0. The van der Waals surface area contributed by atoms with Crippen molar-refractivity contribution in [2.45, 2.75) is 13.3 Å². The van der Waals surface area contributed by atoms with E-state index in [0.717, 1.165) is 4.90 Å². The van der Waals surface area contributed by atoms with Crippen LogP contribution in [-0.2, 0) is 4.79 Å². The fourth-order valence-corrected chi connectivity index (χ4v) is 3.37. The maximum absolute atomic E-state index is 12.5. The summed E-state index contributed by atoms with van der Waals surface area (Å²) in [4.78, 5) is 42.0. The van der Waals surface area contributed by atoms with E-state index in [1.807, 2.05) is 4.90 Å². The second-order valence-electron chi connectivity index (χ2n) is 6.53. The van der Waals surface area contributed by atoms with Gasteiger partial charge < -0.3 is 14.2 Å². The number of nitrogens with zero attached hydrogens (tertiary/aromatic N) is 5. The van der Waals surface area contributed by atoms with Gasteiger partial charge in [-0.2, -0.15) is 0 Å². The van der Waals surface area contributed by atoms with Gasteiger partial charge in [0.05, 0.1) is 11.1 Å². The normalized spacial score (nSPS) is 16.9. The minimum Gasteiger partial charge on any atom is -0.408 e. The van der Waals surface area contributed by atoms with Crippen LogP contribution >= 0.6 is 0 Å². The largest absolute Gasteiger partial charge is 0.408 e. The SMILES string of the molecule is Cc1nnc(N2CCN(C(=O)CCN3C(=O)c4ccccc4C3=O)CC2)o1. The molecule has 0 spiro atoms. The lowest BCUT2D eigenvalue weighted by atomic mass is 10.1. The van der Waals surface area contributed by atoms with Gasteiger partial charge in [-0.05, 0) is 12.1 Å². The van der Waals surface area contributed by atoms with Gasteiger partial charge in [-0.25, -0.2) is 0 Å². The second-order valence-corrected chi connectivity index (χ2v) is 6.53. The van der Waals surface area contributed by atoms with E-state index in [-0.39, 0.29) is 30.7 Å². The van der Waals surface area contributed by atoms with Crippen molar-refractivity contribution in [3.05, 3.63) is 41.3 Å². The van der Waals surface area contributed by atoms with Crippen LogP contribution in [0.4, 0.5) is 6.01 Å². The summed E-state index contributed by atoms with van der Waals surface area (Å²) in [5, 5.41) is 7.80. The van der Waals surface area contributed by atoms with Gasteiger partial charge >= 0.3 is 6.01 Å². The monoisotopic (exact) mass is 369 g/mol. The first-order chi connectivity index (χ1) is 13.0. The summed E-state index contributed by atoms with van der Waals surface area (Å²) in [5.74, 6) is -0.239. The molecule has 1 saturated heterocycles. The summed E-state index contributed by atoms with van der Waals surface area (Å²) in [7, 11) is 0. The maximum atomic E-state index is 12.5. The van der Waals surface area contributed by atoms with Crippen LogP contribution < -0.4 is 4.90 Å². The van der Waals surface area contributed by atoms with Crippen LogP contribution in [0.15, 0.2) is 28.7 Å². The van der Waals surface area contributed by atoms with E-state index in [2.05, 4.69) is 10.2 Å². The zero-order valence-corrected chi connectivity index (χ0v) is 14.9. The summed E-state index contributed by atoms with van der Waals surface area (Å²) in [6.07, 6.45) is 0.116. The van der Waals surface area contributed by atoms with Crippen LogP contribution in [0, 0.1) is 6.92 Å². The highest BCUT2D eigenvalue weighted by atomic mass is 16.4. The minimum atomic E-state index is -0.333. The van der Waals surface area contributed by atoms with Crippen molar-refractivity contribution in [3.8, 4) is 0 Å². The van der Waals surface area contributed by atoms with E-state index in [1.54, 1.807) is 36.1 Å². The van der Waals surface area contributed by atoms with Crippen LogP contribution in [0.3, 0.4) is 0 Å². The van der Waals surface area contributed by atoms with Gasteiger partial charge in [0, 0.05) is 46.1 Å². The zero-order valence-electron chi connectivity index (χ0n) is 14.9. The van der Waals surface area contributed by atoms with Gasteiger partial charge in [-0.1, -0.05) is 17.2 Å². The third-order valence-corrected chi connectivity index (χ3v) is 4.85. The molecule has 140 valence electrons. The predicted molar refractivity (Wildman–Crippen MR) is 94.3 cm³/mol. The molecule has 3 amide bonds. The number of piperazine rings is 1. The molecule has 27 heavy (non-hydrogen) atoms. The second kappa shape index (κ2) is 6.82. The van der Waals surface area contributed by atoms with Gasteiger partial charge in [0.1, 0.15) is 0 Å². The van der Waals surface area contributed by atoms with E-state index < -0.39 is 0 Å². The first-order valence-electron chi connectivity index (χ1n) is 8.82. The number of imide groups is 1. The van der Waals surface area contributed by atoms with E-state index in [9.17, 15) is 14.4 Å². The van der Waals surface area contributed by atoms with Crippen LogP contribution in [0.25, 0.3) is 0 Å². The quantitative estimate of drug-likeness (QED) is 0.732. The van der Waals surface area contributed by atoms with Gasteiger partial charge in [-0.15, -0.1) is 5.10 Å². The Labute approximate surface area is 155 Å². The molecule has 3 heterocycles. The van der Waals surface area contributed by atoms with Crippen LogP contribution in [0.5, 0.6) is 0 Å². The average molecular weight is 369 g/mol. The topological polar surface area (TPSA) is 99.9 Å². The summed E-state index contributed by atoms with van der Waals surface area (Å²) in [6, 6.07) is 7.18. The Hall–Kier alpha value is -3.23. The summed E-state index contributed by atoms with van der Waals surface area (Å²) in [6.45, 7) is 4.08. The highest BCUT2D eigenvalue weighted by Gasteiger charge is 2.35. The fourth-order valence-electron chi connectivity index (χ4n) is 3.37. The fraction of sp³-hybridized carbons (Fsp3) is 0.389. The van der Waals surface area contributed by atoms with Crippen molar-refractivity contribution in [3.63, 3.8) is 0 Å². The molecule has 1 aromatic carbocycles. The van der Waals surface area contributed by atoms with E-state index in [4.69, 9.17) is 4.42 Å². The van der Waals surface area contributed by atoms with Crippen molar-refractivity contribution < 1.29 is 18.8 Å². The number of amides is 3. The Morgan fingerprint density at radius 1 is 1.04 bits per heavy atom. The minimum absolute atomic E-state index is 0.0760. The number of aryl methyl sites for hydroxylation is 1. The number of benzene rings is 1. The number of aromatic nitrogens is 2. The molecular weight excluding hydrogens is 350 g/mol. The van der Waals surface area contributed by atoms with Crippen LogP contribution in [0.1, 0.15) is 33.0 Å². The highest BCUT2D eigenvalue weighted by Crippen LogP contribution is 2.22. The molecule has 9 nitrogen and oxygen atoms in total. The van der Waals surface area contributed by atoms with Crippen LogP contribution in [0.2, 0.25) is 0 Å². The number of hydrogen-bond donors (Lipinski definition) is 0. The van der Waals surface area contributed by atoms with Gasteiger partial charge in [-0.3, -0.25) is 19.3 Å². The molecule has 2 aromatic rings. The number of rotatable bonds is 4. The molecule has 9 heteroatoms. The molecule has 0 unspecified atom stereocenters. The Morgan fingerprint density at radius 3 is 2.22 bits per heavy atom. The van der Waals surface area contributed by atoms with Gasteiger partial charge in [0.25, 0.3) is 11.8 Å². The number of fused-ring (bicyclic) bond motifs is 1. The molecule has 1 fully saturated rings. The third kappa shape index (κ3) is 3.16. The van der Waals surface area contributed by atoms with Crippen molar-refractivity contribution in [2.24, 2.45) is 0 Å². The summed E-state index contributed by atoms with van der Waals surface area (Å²) in [5.41, 5.74) is 0.803. The smallest absolute Gasteiger partial charge is 0.318 e. The van der Waals surface area contributed by atoms with Crippen LogP contribution in [-0.4, -0.2) is 70.4 Å². The lowest BCUT2D eigenvalue weighted by Gasteiger charge is -2.33. The Morgan fingerprint density at radius 2 is 1.67 bits per heavy atom. The molecule has 0 radical (unpaired) electrons. The molecule has 2 aliphatic heterocycles. The molecule has 4 rings (SSSR count). The Bertz CT molecular complexity index is 866. The molecule has 0 bridgehead atoms. The molecule has 0 saturated carbocycles. The van der Waals surface area contributed by atoms with E-state index in [1.165, 1.54) is 0 Å². The standard InChI is InChI=1S/C18H19N5O4/c1-12-19-20-18(27-12)22-10-8-21(9-11-22)15(24)6-7-23-16(25)13-4-2-3-5-14(13)17(23)26/h2-5H,6-11H2,1H3. The Balaban J connectivity index is 1.31. The molecular formula is C18H19N5O4. The summed E-state index contributed by atoms with van der Waals surface area (Å²) >= 11 is 0. The van der Waals surface area contributed by atoms with E-state index in [0.29, 0.717) is 49.2 Å². The first-order valence-corrected chi connectivity index (χ1v) is 8.82. The summed E-state index contributed by atoms with van der Waals surface area (Å²) < 4.78 is 5.41. The molecule has 2 aliphatic rings. The van der Waals surface area contributed by atoms with Gasteiger partial charge in [0.2, 0.25) is 11.8 Å². The highest BCUT2D eigenvalue weighted by molar-refractivity contribution is 6.21. The molecule has 1 aromatic heterocycles. The molecule has 0 atom stereocenters. The van der Waals surface area contributed by atoms with Crippen molar-refractivity contribution >= 4 is 23.7 Å². The Kier molecular flexibility index (Phi) is 4.35. The average Bonchev–Trinajstić information content (AvgIpc) is 3.23. The lowest BCUT2D eigenvalue weighted by Crippen LogP contribution is -2.49. The number of carbonyl (C=O) groups excluding carboxylic acids is 3. The third-order valence-electron chi connectivity index (χ3n) is 4.85. The predicted octanol–water partition coefficient (Wildman–Crippen LogP) is 0.713. The lowest BCUT2D eigenvalue weighted by molar-refractivity contribution is -0.131. The number of carbonyl (C=O) groups is 3. The van der Waals surface area contributed by atoms with Crippen molar-refractivity contribution in [2.75, 3.05) is 37.6 Å². The molecule has 0 aliphatic carbocycles. The maximum Gasteiger partial charge on any atom is 0.318 e. The number of anilines is 1. The first kappa shape index (κ1) is 17.2. The van der Waals surface area contributed by atoms with E-state index >= 15 is 0 Å². The number of hydrogen-bond acceptors (Lipinski definition) is 7. The van der Waals surface area contributed by atoms with Gasteiger partial charge in [0.15, 0.2) is 0 Å². The van der Waals surface area contributed by atoms with Crippen molar-refractivity contribution in [1.29, 1.82) is 0 Å². The molecule has 0 N–H and O–H groups in total. The van der Waals surface area contributed by atoms with Crippen molar-refractivity contribution in [1.82, 2.24) is 20.0 Å².